The van der Waals surface area contributed by atoms with Crippen molar-refractivity contribution >= 4 is 40.7 Å². The molecule has 0 atom stereocenters. The molecule has 0 saturated carbocycles. The largest absolute Gasteiger partial charge is 0.348 e. The molecular weight excluding hydrogens is 263 g/mol. The fraction of sp³-hybridized carbons (Fsp3) is 0.273. The Kier molecular flexibility index (Phi) is 5.25. The summed E-state index contributed by atoms with van der Waals surface area (Å²) in [5.41, 5.74) is 0.316. The lowest BCUT2D eigenvalue weighted by Gasteiger charge is -2.07. The van der Waals surface area contributed by atoms with Crippen molar-refractivity contribution in [2.24, 2.45) is 0 Å². The molecule has 0 unspecified atom stereocenters. The molecule has 1 rings (SSSR count). The lowest BCUT2D eigenvalue weighted by atomic mass is 10.3. The number of hydrogen-bond acceptors (Lipinski definition) is 2. The second-order valence-corrected chi connectivity index (χ2v) is 4.10. The number of nitrogens with one attached hydrogen (secondary N) is 2. The molecule has 17 heavy (non-hydrogen) atoms. The molecule has 0 radical (unpaired) electrons. The molecule has 92 valence electrons. The summed E-state index contributed by atoms with van der Waals surface area (Å²) >= 11 is 11.6. The van der Waals surface area contributed by atoms with Crippen LogP contribution in [0.25, 0.3) is 0 Å². The molecule has 2 N–H and O–H groups in total. The zero-order valence-corrected chi connectivity index (χ0v) is 10.7. The maximum absolute atomic E-state index is 11.5. The van der Waals surface area contributed by atoms with Crippen LogP contribution in [0.1, 0.15) is 13.3 Å². The van der Waals surface area contributed by atoms with Gasteiger partial charge in [-0.2, -0.15) is 0 Å². The monoisotopic (exact) mass is 274 g/mol. The topological polar surface area (TPSA) is 58.2 Å². The minimum Gasteiger partial charge on any atom is -0.348 e. The minimum absolute atomic E-state index is 0.214. The first-order valence-electron chi connectivity index (χ1n) is 5.09. The Morgan fingerprint density at radius 1 is 1.24 bits per heavy atom. The summed E-state index contributed by atoms with van der Waals surface area (Å²) in [6.45, 7) is 2.35. The van der Waals surface area contributed by atoms with E-state index in [1.54, 1.807) is 18.2 Å². The van der Waals surface area contributed by atoms with E-state index >= 15 is 0 Å². The van der Waals surface area contributed by atoms with E-state index in [0.29, 0.717) is 17.3 Å². The zero-order chi connectivity index (χ0) is 12.8. The van der Waals surface area contributed by atoms with Crippen molar-refractivity contribution in [3.05, 3.63) is 28.2 Å². The normalized spacial score (nSPS) is 9.82. The molecule has 0 aromatic heterocycles. The highest BCUT2D eigenvalue weighted by molar-refractivity contribution is 6.45. The van der Waals surface area contributed by atoms with Gasteiger partial charge >= 0.3 is 11.8 Å². The average molecular weight is 275 g/mol. The second kappa shape index (κ2) is 6.47. The number of benzene rings is 1. The molecule has 0 fully saturated rings. The van der Waals surface area contributed by atoms with E-state index in [-0.39, 0.29) is 5.02 Å². The maximum Gasteiger partial charge on any atom is 0.313 e. The van der Waals surface area contributed by atoms with Crippen LogP contribution in [0.3, 0.4) is 0 Å². The van der Waals surface area contributed by atoms with Gasteiger partial charge in [0, 0.05) is 6.54 Å². The predicted molar refractivity (Wildman–Crippen MR) is 68.4 cm³/mol. The van der Waals surface area contributed by atoms with E-state index in [9.17, 15) is 9.59 Å². The van der Waals surface area contributed by atoms with Gasteiger partial charge < -0.3 is 10.6 Å². The van der Waals surface area contributed by atoms with E-state index in [4.69, 9.17) is 23.2 Å². The Morgan fingerprint density at radius 3 is 2.59 bits per heavy atom. The van der Waals surface area contributed by atoms with Gasteiger partial charge in [0.05, 0.1) is 15.7 Å². The third-order valence-corrected chi connectivity index (χ3v) is 2.76. The molecule has 4 nitrogen and oxygen atoms in total. The molecular formula is C11H12Cl2N2O2. The van der Waals surface area contributed by atoms with Crippen LogP contribution in [-0.2, 0) is 9.59 Å². The van der Waals surface area contributed by atoms with Gasteiger partial charge in [-0.15, -0.1) is 0 Å². The summed E-state index contributed by atoms with van der Waals surface area (Å²) in [6, 6.07) is 4.80. The smallest absolute Gasteiger partial charge is 0.313 e. The van der Waals surface area contributed by atoms with E-state index in [1.807, 2.05) is 6.92 Å². The van der Waals surface area contributed by atoms with Gasteiger partial charge in [-0.3, -0.25) is 9.59 Å². The number of anilines is 1. The molecule has 6 heteroatoms. The molecule has 0 heterocycles. The van der Waals surface area contributed by atoms with Crippen LogP contribution in [0.15, 0.2) is 18.2 Å². The van der Waals surface area contributed by atoms with Crippen LogP contribution in [0.5, 0.6) is 0 Å². The van der Waals surface area contributed by atoms with Gasteiger partial charge in [-0.05, 0) is 18.6 Å². The van der Waals surface area contributed by atoms with Gasteiger partial charge in [-0.1, -0.05) is 36.2 Å². The summed E-state index contributed by atoms with van der Waals surface area (Å²) in [5.74, 6) is -1.45. The van der Waals surface area contributed by atoms with Gasteiger partial charge in [0.2, 0.25) is 0 Å². The summed E-state index contributed by atoms with van der Waals surface area (Å²) in [6.07, 6.45) is 0.761. The van der Waals surface area contributed by atoms with Crippen molar-refractivity contribution in [3.63, 3.8) is 0 Å². The number of rotatable bonds is 3. The number of carbonyl (C=O) groups excluding carboxylic acids is 2. The molecule has 0 aliphatic carbocycles. The highest BCUT2D eigenvalue weighted by Crippen LogP contribution is 2.29. The lowest BCUT2D eigenvalue weighted by Crippen LogP contribution is -2.35. The first kappa shape index (κ1) is 13.8. The zero-order valence-electron chi connectivity index (χ0n) is 9.22. The lowest BCUT2D eigenvalue weighted by molar-refractivity contribution is -0.136. The van der Waals surface area contributed by atoms with Gasteiger partial charge in [-0.25, -0.2) is 0 Å². The van der Waals surface area contributed by atoms with Crippen LogP contribution in [0, 0.1) is 0 Å². The van der Waals surface area contributed by atoms with Crippen molar-refractivity contribution in [2.45, 2.75) is 13.3 Å². The van der Waals surface area contributed by atoms with Gasteiger partial charge in [0.1, 0.15) is 0 Å². The first-order valence-corrected chi connectivity index (χ1v) is 5.85. The van der Waals surface area contributed by atoms with Crippen LogP contribution in [0.2, 0.25) is 10.0 Å². The Balaban J connectivity index is 2.68. The molecule has 2 amide bonds. The number of carbonyl (C=O) groups is 2. The molecule has 0 spiro atoms. The van der Waals surface area contributed by atoms with E-state index < -0.39 is 11.8 Å². The van der Waals surface area contributed by atoms with Crippen molar-refractivity contribution in [3.8, 4) is 0 Å². The molecule has 1 aromatic rings. The summed E-state index contributed by atoms with van der Waals surface area (Å²) in [4.78, 5) is 22.8. The molecule has 1 aromatic carbocycles. The molecule has 0 bridgehead atoms. The Labute approximate surface area is 109 Å². The van der Waals surface area contributed by atoms with Gasteiger partial charge in [0.25, 0.3) is 0 Å². The minimum atomic E-state index is -0.761. The van der Waals surface area contributed by atoms with E-state index in [0.717, 1.165) is 6.42 Å². The Bertz CT molecular complexity index is 435. The van der Waals surface area contributed by atoms with Crippen LogP contribution < -0.4 is 10.6 Å². The Hall–Kier alpha value is -1.26. The highest BCUT2D eigenvalue weighted by atomic mass is 35.5. The Morgan fingerprint density at radius 2 is 1.94 bits per heavy atom. The molecule has 0 aliphatic heterocycles. The molecule has 0 aliphatic rings. The van der Waals surface area contributed by atoms with Crippen molar-refractivity contribution in [1.29, 1.82) is 0 Å². The first-order chi connectivity index (χ1) is 8.06. The van der Waals surface area contributed by atoms with Crippen LogP contribution in [-0.4, -0.2) is 18.4 Å². The summed E-state index contributed by atoms with van der Waals surface area (Å²) in [7, 11) is 0. The van der Waals surface area contributed by atoms with E-state index in [1.165, 1.54) is 0 Å². The fourth-order valence-electron chi connectivity index (χ4n) is 1.10. The highest BCUT2D eigenvalue weighted by Gasteiger charge is 2.14. The average Bonchev–Trinajstić information content (AvgIpc) is 2.31. The second-order valence-electron chi connectivity index (χ2n) is 3.31. The van der Waals surface area contributed by atoms with Crippen LogP contribution >= 0.6 is 23.2 Å². The predicted octanol–water partition coefficient (Wildman–Crippen LogP) is 2.46. The standard InChI is InChI=1S/C11H12Cl2N2O2/c1-2-6-14-10(16)11(17)15-8-5-3-4-7(12)9(8)13/h3-5H,2,6H2,1H3,(H,14,16)(H,15,17). The number of halogens is 2. The van der Waals surface area contributed by atoms with Crippen molar-refractivity contribution in [1.82, 2.24) is 5.32 Å². The summed E-state index contributed by atoms with van der Waals surface area (Å²) in [5, 5.41) is 5.38. The number of hydrogen-bond donors (Lipinski definition) is 2. The SMILES string of the molecule is CCCNC(=O)C(=O)Nc1cccc(Cl)c1Cl. The molecule has 0 saturated heterocycles. The van der Waals surface area contributed by atoms with Gasteiger partial charge in [0.15, 0.2) is 0 Å². The van der Waals surface area contributed by atoms with Crippen molar-refractivity contribution < 1.29 is 9.59 Å². The third kappa shape index (κ3) is 3.91. The maximum atomic E-state index is 11.5. The number of amides is 2. The third-order valence-electron chi connectivity index (χ3n) is 1.94. The van der Waals surface area contributed by atoms with Crippen LogP contribution in [0.4, 0.5) is 5.69 Å². The van der Waals surface area contributed by atoms with E-state index in [2.05, 4.69) is 10.6 Å². The summed E-state index contributed by atoms with van der Waals surface area (Å²) < 4.78 is 0. The quantitative estimate of drug-likeness (QED) is 0.832. The fourth-order valence-corrected chi connectivity index (χ4v) is 1.45. The van der Waals surface area contributed by atoms with Crippen molar-refractivity contribution in [2.75, 3.05) is 11.9 Å².